The van der Waals surface area contributed by atoms with Gasteiger partial charge in [-0.15, -0.1) is 0 Å². The number of hydrogen-bond donors (Lipinski definition) is 1. The molecule has 2 amide bonds. The fourth-order valence-corrected chi connectivity index (χ4v) is 5.25. The molecule has 0 heterocycles. The Hall–Kier alpha value is -3.36. The highest BCUT2D eigenvalue weighted by Crippen LogP contribution is 2.25. The summed E-state index contributed by atoms with van der Waals surface area (Å²) < 4.78 is 26.9. The van der Waals surface area contributed by atoms with Gasteiger partial charge in [0.1, 0.15) is 12.6 Å². The first-order valence-corrected chi connectivity index (χ1v) is 14.2. The van der Waals surface area contributed by atoms with Crippen LogP contribution in [0.1, 0.15) is 23.6 Å². The van der Waals surface area contributed by atoms with E-state index in [1.165, 1.54) is 11.9 Å². The molecule has 0 spiro atoms. The van der Waals surface area contributed by atoms with Crippen LogP contribution in [0.4, 0.5) is 5.69 Å². The average molecular weight is 542 g/mol. The van der Waals surface area contributed by atoms with Crippen molar-refractivity contribution >= 4 is 39.1 Å². The number of nitrogens with one attached hydrogen (secondary N) is 1. The number of halogens is 1. The van der Waals surface area contributed by atoms with E-state index in [4.69, 9.17) is 11.6 Å². The smallest absolute Gasteiger partial charge is 0.244 e. The summed E-state index contributed by atoms with van der Waals surface area (Å²) in [6.45, 7) is 1.51. The number of benzene rings is 3. The number of rotatable bonds is 11. The molecule has 0 radical (unpaired) electrons. The van der Waals surface area contributed by atoms with Gasteiger partial charge in [0.15, 0.2) is 0 Å². The molecule has 0 aromatic heterocycles. The van der Waals surface area contributed by atoms with Crippen LogP contribution >= 0.6 is 11.6 Å². The fourth-order valence-electron chi connectivity index (χ4n) is 4.18. The Labute approximate surface area is 224 Å². The van der Waals surface area contributed by atoms with Crippen LogP contribution in [-0.2, 0) is 39.0 Å². The first-order chi connectivity index (χ1) is 17.7. The molecule has 9 heteroatoms. The van der Waals surface area contributed by atoms with Gasteiger partial charge >= 0.3 is 0 Å². The molecule has 0 aliphatic rings. The molecule has 0 saturated carbocycles. The number of likely N-dealkylation sites (N-methyl/N-ethyl adjacent to an activating group) is 1. The Morgan fingerprint density at radius 1 is 0.919 bits per heavy atom. The predicted octanol–water partition coefficient (Wildman–Crippen LogP) is 4.05. The van der Waals surface area contributed by atoms with Gasteiger partial charge in [0, 0.05) is 25.0 Å². The molecule has 0 saturated heterocycles. The molecule has 3 rings (SSSR count). The third kappa shape index (κ3) is 7.33. The summed E-state index contributed by atoms with van der Waals surface area (Å²) in [5.41, 5.74) is 2.76. The Morgan fingerprint density at radius 2 is 1.51 bits per heavy atom. The van der Waals surface area contributed by atoms with Crippen molar-refractivity contribution in [2.24, 2.45) is 0 Å². The standard InChI is InChI=1S/C28H32ClN3O4S/c1-4-22-14-9-11-17-25(22)32(37(3,35)36)20-27(33)31(19-23-15-8-10-16-24(23)29)26(28(34)30-2)18-21-12-6-5-7-13-21/h5-17,26H,4,18-20H2,1-3H3,(H,30,34). The maximum atomic E-state index is 13.9. The maximum absolute atomic E-state index is 13.9. The second-order valence-electron chi connectivity index (χ2n) is 8.68. The zero-order valence-electron chi connectivity index (χ0n) is 21.2. The largest absolute Gasteiger partial charge is 0.357 e. The molecule has 37 heavy (non-hydrogen) atoms. The van der Waals surface area contributed by atoms with Gasteiger partial charge in [0.2, 0.25) is 21.8 Å². The highest BCUT2D eigenvalue weighted by molar-refractivity contribution is 7.92. The molecule has 3 aromatic carbocycles. The minimum atomic E-state index is -3.81. The summed E-state index contributed by atoms with van der Waals surface area (Å²) in [4.78, 5) is 28.5. The third-order valence-electron chi connectivity index (χ3n) is 6.14. The molecule has 3 aromatic rings. The zero-order valence-corrected chi connectivity index (χ0v) is 22.8. The molecule has 1 N–H and O–H groups in total. The minimum absolute atomic E-state index is 0.0381. The highest BCUT2D eigenvalue weighted by atomic mass is 35.5. The second kappa shape index (κ2) is 12.7. The van der Waals surface area contributed by atoms with Crippen molar-refractivity contribution < 1.29 is 18.0 Å². The van der Waals surface area contributed by atoms with Crippen LogP contribution in [0.2, 0.25) is 5.02 Å². The van der Waals surface area contributed by atoms with Gasteiger partial charge in [-0.3, -0.25) is 13.9 Å². The number of anilines is 1. The van der Waals surface area contributed by atoms with Gasteiger partial charge in [-0.25, -0.2) is 8.42 Å². The van der Waals surface area contributed by atoms with E-state index in [1.807, 2.05) is 49.4 Å². The summed E-state index contributed by atoms with van der Waals surface area (Å²) in [6, 6.07) is 22.7. The van der Waals surface area contributed by atoms with Crippen LogP contribution in [0, 0.1) is 0 Å². The van der Waals surface area contributed by atoms with Crippen molar-refractivity contribution in [1.82, 2.24) is 10.2 Å². The quantitative estimate of drug-likeness (QED) is 0.397. The van der Waals surface area contributed by atoms with E-state index < -0.39 is 28.5 Å². The van der Waals surface area contributed by atoms with Gasteiger partial charge in [-0.1, -0.05) is 85.3 Å². The number of carbonyl (C=O) groups excluding carboxylic acids is 2. The Kier molecular flexibility index (Phi) is 9.72. The molecule has 1 unspecified atom stereocenters. The monoisotopic (exact) mass is 541 g/mol. The molecule has 0 fully saturated rings. The number of para-hydroxylation sites is 1. The zero-order chi connectivity index (χ0) is 27.0. The van der Waals surface area contributed by atoms with Crippen LogP contribution in [0.15, 0.2) is 78.9 Å². The van der Waals surface area contributed by atoms with E-state index in [-0.39, 0.29) is 18.9 Å². The van der Waals surface area contributed by atoms with Gasteiger partial charge in [0.05, 0.1) is 11.9 Å². The third-order valence-corrected chi connectivity index (χ3v) is 7.63. The topological polar surface area (TPSA) is 86.8 Å². The van der Waals surface area contributed by atoms with Crippen LogP contribution in [0.3, 0.4) is 0 Å². The first-order valence-electron chi connectivity index (χ1n) is 12.0. The summed E-state index contributed by atoms with van der Waals surface area (Å²) in [5.74, 6) is -0.870. The van der Waals surface area contributed by atoms with E-state index in [9.17, 15) is 18.0 Å². The van der Waals surface area contributed by atoms with Crippen LogP contribution < -0.4 is 9.62 Å². The SMILES string of the molecule is CCc1ccccc1N(CC(=O)N(Cc1ccccc1Cl)C(Cc1ccccc1)C(=O)NC)S(C)(=O)=O. The molecular formula is C28H32ClN3O4S. The lowest BCUT2D eigenvalue weighted by molar-refractivity contribution is -0.139. The highest BCUT2D eigenvalue weighted by Gasteiger charge is 2.33. The number of aryl methyl sites for hydroxylation is 1. The van der Waals surface area contributed by atoms with Crippen molar-refractivity contribution in [3.63, 3.8) is 0 Å². The number of sulfonamides is 1. The molecule has 0 aliphatic heterocycles. The number of amides is 2. The maximum Gasteiger partial charge on any atom is 0.244 e. The molecular weight excluding hydrogens is 510 g/mol. The lowest BCUT2D eigenvalue weighted by atomic mass is 10.0. The van der Waals surface area contributed by atoms with E-state index >= 15 is 0 Å². The van der Waals surface area contributed by atoms with Crippen molar-refractivity contribution in [1.29, 1.82) is 0 Å². The van der Waals surface area contributed by atoms with E-state index in [2.05, 4.69) is 5.32 Å². The second-order valence-corrected chi connectivity index (χ2v) is 11.0. The Balaban J connectivity index is 2.06. The van der Waals surface area contributed by atoms with Crippen molar-refractivity contribution in [3.8, 4) is 0 Å². The molecule has 196 valence electrons. The van der Waals surface area contributed by atoms with Gasteiger partial charge in [-0.2, -0.15) is 0 Å². The van der Waals surface area contributed by atoms with Crippen molar-refractivity contribution in [2.75, 3.05) is 24.2 Å². The normalized spacial score (nSPS) is 12.0. The predicted molar refractivity (Wildman–Crippen MR) is 148 cm³/mol. The lowest BCUT2D eigenvalue weighted by Gasteiger charge is -2.33. The fraction of sp³-hybridized carbons (Fsp3) is 0.286. The summed E-state index contributed by atoms with van der Waals surface area (Å²) in [6.07, 6.45) is 1.92. The van der Waals surface area contributed by atoms with Crippen molar-refractivity contribution in [3.05, 3.63) is 101 Å². The van der Waals surface area contributed by atoms with Crippen LogP contribution in [0.25, 0.3) is 0 Å². The van der Waals surface area contributed by atoms with Gasteiger partial charge in [0.25, 0.3) is 0 Å². The molecule has 1 atom stereocenters. The molecule has 0 bridgehead atoms. The Morgan fingerprint density at radius 3 is 2.11 bits per heavy atom. The van der Waals surface area contributed by atoms with Gasteiger partial charge in [-0.05, 0) is 35.2 Å². The number of hydrogen-bond acceptors (Lipinski definition) is 4. The molecule has 0 aliphatic carbocycles. The summed E-state index contributed by atoms with van der Waals surface area (Å²) >= 11 is 6.42. The van der Waals surface area contributed by atoms with Crippen LogP contribution in [-0.4, -0.2) is 51.0 Å². The Bertz CT molecular complexity index is 1330. The number of nitrogens with zero attached hydrogens (tertiary/aromatic N) is 2. The lowest BCUT2D eigenvalue weighted by Crippen LogP contribution is -2.53. The summed E-state index contributed by atoms with van der Waals surface area (Å²) in [5, 5.41) is 3.11. The first kappa shape index (κ1) is 28.2. The molecule has 7 nitrogen and oxygen atoms in total. The van der Waals surface area contributed by atoms with Crippen molar-refractivity contribution in [2.45, 2.75) is 32.4 Å². The van der Waals surface area contributed by atoms with Gasteiger partial charge < -0.3 is 10.2 Å². The van der Waals surface area contributed by atoms with E-state index in [0.29, 0.717) is 22.7 Å². The minimum Gasteiger partial charge on any atom is -0.357 e. The average Bonchev–Trinajstić information content (AvgIpc) is 2.89. The van der Waals surface area contributed by atoms with E-state index in [0.717, 1.165) is 21.7 Å². The number of carbonyl (C=O) groups is 2. The summed E-state index contributed by atoms with van der Waals surface area (Å²) in [7, 11) is -2.30. The van der Waals surface area contributed by atoms with E-state index in [1.54, 1.807) is 36.4 Å². The van der Waals surface area contributed by atoms with Crippen LogP contribution in [0.5, 0.6) is 0 Å².